The van der Waals surface area contributed by atoms with Gasteiger partial charge in [-0.1, -0.05) is 22.9 Å². The first kappa shape index (κ1) is 17.9. The van der Waals surface area contributed by atoms with Gasteiger partial charge in [0.1, 0.15) is 0 Å². The van der Waals surface area contributed by atoms with Gasteiger partial charge >= 0.3 is 0 Å². The molecule has 2 rings (SSSR count). The zero-order valence-corrected chi connectivity index (χ0v) is 14.7. The van der Waals surface area contributed by atoms with Crippen LogP contribution in [0.1, 0.15) is 18.9 Å². The summed E-state index contributed by atoms with van der Waals surface area (Å²) in [5.74, 6) is 0.305. The van der Waals surface area contributed by atoms with Gasteiger partial charge < -0.3 is 5.32 Å². The Morgan fingerprint density at radius 3 is 2.70 bits per heavy atom. The highest BCUT2D eigenvalue weighted by Gasteiger charge is 2.27. The van der Waals surface area contributed by atoms with Gasteiger partial charge in [0.25, 0.3) is 0 Å². The molecule has 20 heavy (non-hydrogen) atoms. The van der Waals surface area contributed by atoms with Crippen molar-refractivity contribution in [3.8, 4) is 0 Å². The Morgan fingerprint density at radius 2 is 2.10 bits per heavy atom. The maximum absolute atomic E-state index is 12.4. The first-order valence-corrected chi connectivity index (χ1v) is 8.67. The molecule has 2 N–H and O–H groups in total. The molecule has 1 aromatic rings. The van der Waals surface area contributed by atoms with Crippen LogP contribution in [0.25, 0.3) is 0 Å². The Labute approximate surface area is 135 Å². The Morgan fingerprint density at radius 1 is 1.40 bits per heavy atom. The average molecular weight is 384 g/mol. The highest BCUT2D eigenvalue weighted by atomic mass is 79.9. The minimum atomic E-state index is -3.44. The first-order chi connectivity index (χ1) is 8.90. The molecule has 0 amide bonds. The van der Waals surface area contributed by atoms with Crippen molar-refractivity contribution in [2.75, 3.05) is 13.1 Å². The van der Waals surface area contributed by atoms with Crippen LogP contribution in [0.5, 0.6) is 0 Å². The van der Waals surface area contributed by atoms with Crippen molar-refractivity contribution in [3.63, 3.8) is 0 Å². The molecule has 0 bridgehead atoms. The normalized spacial score (nSPS) is 23.1. The molecule has 4 nitrogen and oxygen atoms in total. The maximum atomic E-state index is 12.4. The van der Waals surface area contributed by atoms with Crippen LogP contribution in [0.15, 0.2) is 27.6 Å². The zero-order valence-electron chi connectivity index (χ0n) is 11.5. The quantitative estimate of drug-likeness (QED) is 0.843. The summed E-state index contributed by atoms with van der Waals surface area (Å²) in [6.07, 6.45) is 0.829. The SMILES string of the molecule is Cc1cc(Br)ccc1S(=O)(=O)NC1CCNCC1C.Cl. The third kappa shape index (κ3) is 4.18. The van der Waals surface area contributed by atoms with Crippen LogP contribution in [0, 0.1) is 12.8 Å². The molecule has 0 aliphatic carbocycles. The molecule has 114 valence electrons. The molecular formula is C13H20BrClN2O2S. The first-order valence-electron chi connectivity index (χ1n) is 6.39. The van der Waals surface area contributed by atoms with Crippen molar-refractivity contribution in [2.24, 2.45) is 5.92 Å². The number of nitrogens with one attached hydrogen (secondary N) is 2. The van der Waals surface area contributed by atoms with Crippen LogP contribution >= 0.6 is 28.3 Å². The summed E-state index contributed by atoms with van der Waals surface area (Å²) in [5.41, 5.74) is 0.753. The number of aryl methyl sites for hydroxylation is 1. The smallest absolute Gasteiger partial charge is 0.241 e. The second-order valence-corrected chi connectivity index (χ2v) is 7.71. The van der Waals surface area contributed by atoms with Crippen molar-refractivity contribution >= 4 is 38.4 Å². The van der Waals surface area contributed by atoms with E-state index >= 15 is 0 Å². The van der Waals surface area contributed by atoms with E-state index in [0.29, 0.717) is 10.8 Å². The van der Waals surface area contributed by atoms with Crippen LogP contribution in [0.3, 0.4) is 0 Å². The third-order valence-corrected chi connectivity index (χ3v) is 5.66. The number of rotatable bonds is 3. The van der Waals surface area contributed by atoms with E-state index in [2.05, 4.69) is 32.9 Å². The molecule has 7 heteroatoms. The molecule has 1 aromatic carbocycles. The van der Waals surface area contributed by atoms with E-state index in [0.717, 1.165) is 29.5 Å². The molecule has 1 aliphatic rings. The van der Waals surface area contributed by atoms with Crippen LogP contribution in [-0.2, 0) is 10.0 Å². The van der Waals surface area contributed by atoms with Gasteiger partial charge in [0.05, 0.1) is 4.90 Å². The van der Waals surface area contributed by atoms with Gasteiger partial charge in [-0.2, -0.15) is 0 Å². The lowest BCUT2D eigenvalue weighted by molar-refractivity contribution is 0.328. The number of hydrogen-bond acceptors (Lipinski definition) is 3. The Hall–Kier alpha value is -0.140. The molecule has 0 radical (unpaired) electrons. The van der Waals surface area contributed by atoms with Crippen molar-refractivity contribution < 1.29 is 8.42 Å². The van der Waals surface area contributed by atoms with Crippen LogP contribution in [-0.4, -0.2) is 27.5 Å². The molecule has 2 unspecified atom stereocenters. The summed E-state index contributed by atoms with van der Waals surface area (Å²) in [4.78, 5) is 0.362. The van der Waals surface area contributed by atoms with E-state index in [1.165, 1.54) is 0 Å². The van der Waals surface area contributed by atoms with Gasteiger partial charge in [0.2, 0.25) is 10.0 Å². The molecule has 1 heterocycles. The van der Waals surface area contributed by atoms with Crippen LogP contribution < -0.4 is 10.0 Å². The van der Waals surface area contributed by atoms with Crippen LogP contribution in [0.4, 0.5) is 0 Å². The molecule has 0 saturated carbocycles. The number of hydrogen-bond donors (Lipinski definition) is 2. The van der Waals surface area contributed by atoms with E-state index in [4.69, 9.17) is 0 Å². The standard InChI is InChI=1S/C13H19BrN2O2S.ClH/c1-9-7-11(14)3-4-13(9)19(17,18)16-12-5-6-15-8-10(12)2;/h3-4,7,10,12,15-16H,5-6,8H2,1-2H3;1H. The van der Waals surface area contributed by atoms with Crippen molar-refractivity contribution in [1.29, 1.82) is 0 Å². The monoisotopic (exact) mass is 382 g/mol. The van der Waals surface area contributed by atoms with Gasteiger partial charge in [0.15, 0.2) is 0 Å². The lowest BCUT2D eigenvalue weighted by Crippen LogP contribution is -2.48. The fourth-order valence-corrected chi connectivity index (χ4v) is 4.45. The molecule has 0 aromatic heterocycles. The second-order valence-electron chi connectivity index (χ2n) is 5.11. The fourth-order valence-electron chi connectivity index (χ4n) is 2.37. The highest BCUT2D eigenvalue weighted by molar-refractivity contribution is 9.10. The minimum Gasteiger partial charge on any atom is -0.316 e. The van der Waals surface area contributed by atoms with Crippen LogP contribution in [0.2, 0.25) is 0 Å². The second kappa shape index (κ2) is 7.22. The van der Waals surface area contributed by atoms with E-state index in [1.807, 2.05) is 13.0 Å². The van der Waals surface area contributed by atoms with Crippen molar-refractivity contribution in [2.45, 2.75) is 31.2 Å². The number of sulfonamides is 1. The van der Waals surface area contributed by atoms with Gasteiger partial charge in [-0.25, -0.2) is 13.1 Å². The number of halogens is 2. The largest absolute Gasteiger partial charge is 0.316 e. The van der Waals surface area contributed by atoms with E-state index in [-0.39, 0.29) is 18.4 Å². The summed E-state index contributed by atoms with van der Waals surface area (Å²) in [7, 11) is -3.44. The number of piperidine rings is 1. The molecule has 0 spiro atoms. The minimum absolute atomic E-state index is 0. The summed E-state index contributed by atoms with van der Waals surface area (Å²) < 4.78 is 28.6. The predicted octanol–water partition coefficient (Wildman–Crippen LogP) is 2.46. The van der Waals surface area contributed by atoms with Crippen molar-refractivity contribution in [1.82, 2.24) is 10.0 Å². The van der Waals surface area contributed by atoms with E-state index < -0.39 is 10.0 Å². The Balaban J connectivity index is 0.00000200. The fraction of sp³-hybridized carbons (Fsp3) is 0.538. The summed E-state index contributed by atoms with van der Waals surface area (Å²) in [6.45, 7) is 5.59. The Kier molecular flexibility index (Phi) is 6.47. The summed E-state index contributed by atoms with van der Waals surface area (Å²) in [6, 6.07) is 5.23. The molecule has 1 saturated heterocycles. The van der Waals surface area contributed by atoms with E-state index in [1.54, 1.807) is 12.1 Å². The molecule has 1 fully saturated rings. The topological polar surface area (TPSA) is 58.2 Å². The van der Waals surface area contributed by atoms with Crippen molar-refractivity contribution in [3.05, 3.63) is 28.2 Å². The lowest BCUT2D eigenvalue weighted by Gasteiger charge is -2.30. The maximum Gasteiger partial charge on any atom is 0.241 e. The Bertz CT molecular complexity index is 565. The van der Waals surface area contributed by atoms with Gasteiger partial charge in [-0.15, -0.1) is 12.4 Å². The summed E-state index contributed by atoms with van der Waals surface area (Å²) >= 11 is 3.35. The lowest BCUT2D eigenvalue weighted by atomic mass is 9.97. The zero-order chi connectivity index (χ0) is 14.0. The molecule has 2 atom stereocenters. The summed E-state index contributed by atoms with van der Waals surface area (Å²) in [5, 5.41) is 3.27. The van der Waals surface area contributed by atoms with Gasteiger partial charge in [0, 0.05) is 10.5 Å². The third-order valence-electron chi connectivity index (χ3n) is 3.52. The molecular weight excluding hydrogens is 364 g/mol. The highest BCUT2D eigenvalue weighted by Crippen LogP contribution is 2.21. The van der Waals surface area contributed by atoms with Gasteiger partial charge in [-0.3, -0.25) is 0 Å². The average Bonchev–Trinajstić information content (AvgIpc) is 2.31. The van der Waals surface area contributed by atoms with Gasteiger partial charge in [-0.05, 0) is 56.1 Å². The molecule has 1 aliphatic heterocycles. The number of benzene rings is 1. The van der Waals surface area contributed by atoms with E-state index in [9.17, 15) is 8.42 Å². The predicted molar refractivity (Wildman–Crippen MR) is 86.9 cm³/mol.